The molecule has 2 fully saturated rings. The summed E-state index contributed by atoms with van der Waals surface area (Å²) in [6.07, 6.45) is 2.90. The molecule has 0 radical (unpaired) electrons. The molecule has 2 aliphatic rings. The summed E-state index contributed by atoms with van der Waals surface area (Å²) in [6.45, 7) is 14.8. The Kier molecular flexibility index (Phi) is 9.77. The van der Waals surface area contributed by atoms with Crippen molar-refractivity contribution in [2.24, 2.45) is 5.41 Å². The van der Waals surface area contributed by atoms with Crippen molar-refractivity contribution in [3.63, 3.8) is 0 Å². The molecule has 41 heavy (non-hydrogen) atoms. The van der Waals surface area contributed by atoms with Gasteiger partial charge in [-0.15, -0.1) is 6.58 Å². The van der Waals surface area contributed by atoms with Crippen molar-refractivity contribution >= 4 is 35.2 Å². The number of morpholine rings is 1. The molecular weight excluding hydrogens is 559 g/mol. The SMILES string of the molecule is C=CCC1(C)CC(c2cccc(Cl)c2)C(c2ccc(Cl)cc2)N(C(CC)C2CN(C(=O)OC(C)(C)C)CCO2)C1=O. The van der Waals surface area contributed by atoms with Crippen LogP contribution in [0, 0.1) is 5.41 Å². The van der Waals surface area contributed by atoms with Crippen molar-refractivity contribution in [2.45, 2.75) is 83.6 Å². The molecule has 0 aromatic heterocycles. The monoisotopic (exact) mass is 600 g/mol. The Balaban J connectivity index is 1.81. The van der Waals surface area contributed by atoms with E-state index in [2.05, 4.69) is 19.6 Å². The predicted molar refractivity (Wildman–Crippen MR) is 164 cm³/mol. The Morgan fingerprint density at radius 2 is 1.88 bits per heavy atom. The van der Waals surface area contributed by atoms with Crippen LogP contribution in [-0.2, 0) is 14.3 Å². The summed E-state index contributed by atoms with van der Waals surface area (Å²) in [7, 11) is 0. The highest BCUT2D eigenvalue weighted by Gasteiger charge is 2.52. The minimum Gasteiger partial charge on any atom is -0.444 e. The van der Waals surface area contributed by atoms with Gasteiger partial charge < -0.3 is 19.3 Å². The van der Waals surface area contributed by atoms with Gasteiger partial charge in [-0.3, -0.25) is 4.79 Å². The normalized spacial score (nSPS) is 26.0. The summed E-state index contributed by atoms with van der Waals surface area (Å²) in [6, 6.07) is 15.1. The molecule has 222 valence electrons. The van der Waals surface area contributed by atoms with Crippen molar-refractivity contribution in [2.75, 3.05) is 19.7 Å². The summed E-state index contributed by atoms with van der Waals surface area (Å²) >= 11 is 12.8. The molecule has 0 aliphatic carbocycles. The molecule has 2 amide bonds. The number of carbonyl (C=O) groups is 2. The molecule has 0 bridgehead atoms. The molecule has 0 N–H and O–H groups in total. The first-order valence-electron chi connectivity index (χ1n) is 14.4. The molecule has 0 saturated carbocycles. The summed E-state index contributed by atoms with van der Waals surface area (Å²) in [5, 5.41) is 1.29. The molecule has 8 heteroatoms. The van der Waals surface area contributed by atoms with Gasteiger partial charge >= 0.3 is 6.09 Å². The van der Waals surface area contributed by atoms with Crippen molar-refractivity contribution in [3.05, 3.63) is 82.4 Å². The van der Waals surface area contributed by atoms with Crippen LogP contribution in [0.5, 0.6) is 0 Å². The number of piperidine rings is 1. The Bertz CT molecular complexity index is 1240. The number of benzene rings is 2. The van der Waals surface area contributed by atoms with Crippen LogP contribution < -0.4 is 0 Å². The highest BCUT2D eigenvalue weighted by atomic mass is 35.5. The minimum atomic E-state index is -0.676. The summed E-state index contributed by atoms with van der Waals surface area (Å²) < 4.78 is 12.0. The van der Waals surface area contributed by atoms with Gasteiger partial charge in [-0.1, -0.05) is 67.4 Å². The van der Waals surface area contributed by atoms with Gasteiger partial charge in [-0.25, -0.2) is 4.79 Å². The molecule has 5 atom stereocenters. The van der Waals surface area contributed by atoms with E-state index in [9.17, 15) is 9.59 Å². The van der Waals surface area contributed by atoms with Gasteiger partial charge in [0.1, 0.15) is 5.60 Å². The highest BCUT2D eigenvalue weighted by Crippen LogP contribution is 2.52. The number of allylic oxidation sites excluding steroid dienone is 1. The zero-order valence-electron chi connectivity index (χ0n) is 24.7. The first-order chi connectivity index (χ1) is 19.4. The van der Waals surface area contributed by atoms with Crippen molar-refractivity contribution in [3.8, 4) is 0 Å². The number of ether oxygens (including phenoxy) is 2. The summed E-state index contributed by atoms with van der Waals surface area (Å²) in [5.41, 5.74) is 0.783. The molecule has 2 aliphatic heterocycles. The fraction of sp³-hybridized carbons (Fsp3) is 0.515. The molecule has 2 heterocycles. The van der Waals surface area contributed by atoms with Crippen LogP contribution in [0.25, 0.3) is 0 Å². The van der Waals surface area contributed by atoms with E-state index in [1.807, 2.05) is 81.1 Å². The van der Waals surface area contributed by atoms with E-state index in [1.165, 1.54) is 0 Å². The average Bonchev–Trinajstić information content (AvgIpc) is 2.91. The van der Waals surface area contributed by atoms with E-state index in [0.29, 0.717) is 49.0 Å². The second-order valence-corrected chi connectivity index (χ2v) is 13.3. The van der Waals surface area contributed by atoms with E-state index < -0.39 is 11.0 Å². The smallest absolute Gasteiger partial charge is 0.410 e. The van der Waals surface area contributed by atoms with Crippen LogP contribution in [0.3, 0.4) is 0 Å². The van der Waals surface area contributed by atoms with E-state index in [4.69, 9.17) is 32.7 Å². The van der Waals surface area contributed by atoms with Gasteiger partial charge in [0.05, 0.1) is 36.8 Å². The Morgan fingerprint density at radius 3 is 2.49 bits per heavy atom. The quantitative estimate of drug-likeness (QED) is 0.302. The molecule has 4 rings (SSSR count). The average molecular weight is 602 g/mol. The zero-order valence-corrected chi connectivity index (χ0v) is 26.3. The number of amides is 2. The van der Waals surface area contributed by atoms with Crippen LogP contribution in [0.2, 0.25) is 10.0 Å². The Morgan fingerprint density at radius 1 is 1.17 bits per heavy atom. The maximum Gasteiger partial charge on any atom is 0.410 e. The Hall–Kier alpha value is -2.54. The van der Waals surface area contributed by atoms with Gasteiger partial charge in [-0.2, -0.15) is 0 Å². The van der Waals surface area contributed by atoms with Crippen LogP contribution in [0.15, 0.2) is 61.2 Å². The van der Waals surface area contributed by atoms with Crippen molar-refractivity contribution in [1.82, 2.24) is 9.80 Å². The maximum absolute atomic E-state index is 14.6. The fourth-order valence-electron chi connectivity index (χ4n) is 6.29. The van der Waals surface area contributed by atoms with Gasteiger partial charge in [0.25, 0.3) is 0 Å². The lowest BCUT2D eigenvalue weighted by molar-refractivity contribution is -0.163. The first kappa shape index (κ1) is 31.4. The molecule has 2 aromatic carbocycles. The number of hydrogen-bond acceptors (Lipinski definition) is 4. The number of rotatable bonds is 7. The number of nitrogens with zero attached hydrogens (tertiary/aromatic N) is 2. The third-order valence-electron chi connectivity index (χ3n) is 8.14. The van der Waals surface area contributed by atoms with Crippen LogP contribution in [0.4, 0.5) is 4.79 Å². The lowest BCUT2D eigenvalue weighted by Crippen LogP contribution is -2.61. The molecule has 2 aromatic rings. The molecule has 5 unspecified atom stereocenters. The van der Waals surface area contributed by atoms with E-state index in [-0.39, 0.29) is 36.1 Å². The lowest BCUT2D eigenvalue weighted by Gasteiger charge is -2.54. The number of likely N-dealkylation sites (tertiary alicyclic amines) is 1. The molecule has 2 saturated heterocycles. The van der Waals surface area contributed by atoms with E-state index in [1.54, 1.807) is 4.90 Å². The number of hydrogen-bond donors (Lipinski definition) is 0. The third kappa shape index (κ3) is 7.10. The van der Waals surface area contributed by atoms with Gasteiger partial charge in [0.2, 0.25) is 5.91 Å². The van der Waals surface area contributed by atoms with Crippen LogP contribution in [0.1, 0.15) is 77.0 Å². The van der Waals surface area contributed by atoms with Crippen LogP contribution in [-0.4, -0.2) is 59.2 Å². The largest absolute Gasteiger partial charge is 0.444 e. The predicted octanol–water partition coefficient (Wildman–Crippen LogP) is 8.05. The zero-order chi connectivity index (χ0) is 29.9. The first-order valence-corrected chi connectivity index (χ1v) is 15.2. The second kappa shape index (κ2) is 12.8. The highest BCUT2D eigenvalue weighted by molar-refractivity contribution is 6.30. The van der Waals surface area contributed by atoms with E-state index >= 15 is 0 Å². The summed E-state index contributed by atoms with van der Waals surface area (Å²) in [5.74, 6) is 0.0117. The van der Waals surface area contributed by atoms with E-state index in [0.717, 1.165) is 11.1 Å². The molecule has 6 nitrogen and oxygen atoms in total. The van der Waals surface area contributed by atoms with Gasteiger partial charge in [0, 0.05) is 22.5 Å². The third-order valence-corrected chi connectivity index (χ3v) is 8.62. The lowest BCUT2D eigenvalue weighted by atomic mass is 9.67. The van der Waals surface area contributed by atoms with Crippen molar-refractivity contribution in [1.29, 1.82) is 0 Å². The standard InChI is InChI=1S/C33H42Cl2N2O4/c1-7-16-33(6)20-26(23-10-9-11-25(35)19-23)29(22-12-14-24(34)15-13-22)37(30(33)38)27(8-2)28-21-36(17-18-40-28)31(39)41-32(3,4)5/h7,9-15,19,26-29H,1,8,16-18,20-21H2,2-6H3. The fourth-order valence-corrected chi connectivity index (χ4v) is 6.62. The minimum absolute atomic E-state index is 0.0443. The van der Waals surface area contributed by atoms with Crippen LogP contribution >= 0.6 is 23.2 Å². The maximum atomic E-state index is 14.6. The van der Waals surface area contributed by atoms with Crippen molar-refractivity contribution < 1.29 is 19.1 Å². The second-order valence-electron chi connectivity index (χ2n) is 12.4. The Labute approximate surface area is 254 Å². The van der Waals surface area contributed by atoms with Gasteiger partial charge in [-0.05, 0) is 75.4 Å². The number of halogens is 2. The molecular formula is C33H42Cl2N2O4. The summed E-state index contributed by atoms with van der Waals surface area (Å²) in [4.78, 5) is 31.4. The topological polar surface area (TPSA) is 59.1 Å². The van der Waals surface area contributed by atoms with Gasteiger partial charge in [0.15, 0.2) is 0 Å². The number of carbonyl (C=O) groups excluding carboxylic acids is 2. The molecule has 0 spiro atoms.